The number of hydrogen-bond acceptors (Lipinski definition) is 3. The second kappa shape index (κ2) is 4.69. The monoisotopic (exact) mass is 316 g/mol. The van der Waals surface area contributed by atoms with Crippen molar-refractivity contribution < 1.29 is 28.2 Å². The molecule has 2 aliphatic heterocycles. The molecule has 1 fully saturated rings. The van der Waals surface area contributed by atoms with Gasteiger partial charge in [-0.15, -0.1) is 0 Å². The van der Waals surface area contributed by atoms with Crippen molar-refractivity contribution in [3.63, 3.8) is 0 Å². The van der Waals surface area contributed by atoms with Crippen LogP contribution in [0.2, 0.25) is 0 Å². The Labute approximate surface area is 124 Å². The van der Waals surface area contributed by atoms with Crippen molar-refractivity contribution in [1.82, 2.24) is 4.90 Å². The number of carboxylic acid groups (broad SMARTS) is 1. The molecule has 2 atom stereocenters. The summed E-state index contributed by atoms with van der Waals surface area (Å²) in [5, 5.41) is 18.7. The van der Waals surface area contributed by atoms with Crippen LogP contribution in [0.25, 0.3) is 0 Å². The molecule has 3 rings (SSSR count). The Bertz CT molecular complexity index is 632. The number of hydrogen-bond donors (Lipinski definition) is 2. The predicted molar refractivity (Wildman–Crippen MR) is 72.3 cm³/mol. The normalized spacial score (nSPS) is 24.2. The van der Waals surface area contributed by atoms with Crippen LogP contribution < -0.4 is 4.90 Å². The van der Waals surface area contributed by atoms with Gasteiger partial charge < -0.3 is 20.0 Å². The number of phenolic OH excluding ortho intramolecular Hbond substituents is 1. The van der Waals surface area contributed by atoms with Gasteiger partial charge in [-0.3, -0.25) is 0 Å². The lowest BCUT2D eigenvalue weighted by Gasteiger charge is -2.36. The van der Waals surface area contributed by atoms with Crippen molar-refractivity contribution in [2.75, 3.05) is 25.0 Å². The average molecular weight is 316 g/mol. The van der Waals surface area contributed by atoms with E-state index in [0.717, 1.165) is 6.07 Å². The number of anilines is 1. The van der Waals surface area contributed by atoms with Crippen LogP contribution in [0.15, 0.2) is 12.1 Å². The zero-order chi connectivity index (χ0) is 16.2. The molecule has 0 saturated carbocycles. The highest BCUT2D eigenvalue weighted by Crippen LogP contribution is 2.50. The summed E-state index contributed by atoms with van der Waals surface area (Å²) in [4.78, 5) is 13.9. The third-order valence-electron chi connectivity index (χ3n) is 4.53. The van der Waals surface area contributed by atoms with Gasteiger partial charge in [0.1, 0.15) is 5.75 Å². The van der Waals surface area contributed by atoms with Gasteiger partial charge >= 0.3 is 12.3 Å². The molecular formula is C14H15F3N2O3. The maximum atomic E-state index is 13.2. The van der Waals surface area contributed by atoms with E-state index < -0.39 is 23.6 Å². The van der Waals surface area contributed by atoms with Crippen molar-refractivity contribution in [2.24, 2.45) is 0 Å². The fraction of sp³-hybridized carbons (Fsp3) is 0.500. The number of carbonyl (C=O) groups is 1. The Kier molecular flexibility index (Phi) is 3.15. The largest absolute Gasteiger partial charge is 0.508 e. The lowest BCUT2D eigenvalue weighted by Crippen LogP contribution is -2.46. The van der Waals surface area contributed by atoms with Crippen LogP contribution >= 0.6 is 0 Å². The van der Waals surface area contributed by atoms with E-state index in [4.69, 9.17) is 5.11 Å². The zero-order valence-corrected chi connectivity index (χ0v) is 11.8. The van der Waals surface area contributed by atoms with Gasteiger partial charge in [0.25, 0.3) is 0 Å². The van der Waals surface area contributed by atoms with E-state index in [9.17, 15) is 23.1 Å². The van der Waals surface area contributed by atoms with Crippen molar-refractivity contribution in [2.45, 2.75) is 24.6 Å². The van der Waals surface area contributed by atoms with Crippen LogP contribution in [0.1, 0.15) is 23.5 Å². The number of benzene rings is 1. The Balaban J connectivity index is 2.10. The smallest absolute Gasteiger partial charge is 0.418 e. The van der Waals surface area contributed by atoms with E-state index in [0.29, 0.717) is 18.5 Å². The second-order valence-corrected chi connectivity index (χ2v) is 5.73. The number of nitrogens with zero attached hydrogens (tertiary/aromatic N) is 2. The molecule has 1 aromatic carbocycles. The van der Waals surface area contributed by atoms with E-state index in [1.807, 2.05) is 0 Å². The van der Waals surface area contributed by atoms with Crippen LogP contribution in [0, 0.1) is 0 Å². The minimum absolute atomic E-state index is 0.0486. The second-order valence-electron chi connectivity index (χ2n) is 5.73. The van der Waals surface area contributed by atoms with Crippen molar-refractivity contribution in [1.29, 1.82) is 0 Å². The zero-order valence-electron chi connectivity index (χ0n) is 11.8. The highest BCUT2D eigenvalue weighted by atomic mass is 19.4. The molecule has 22 heavy (non-hydrogen) atoms. The third kappa shape index (κ3) is 2.13. The Morgan fingerprint density at radius 3 is 2.64 bits per heavy atom. The molecule has 2 N–H and O–H groups in total. The van der Waals surface area contributed by atoms with E-state index in [1.165, 1.54) is 11.0 Å². The summed E-state index contributed by atoms with van der Waals surface area (Å²) in [7, 11) is 1.59. The number of likely N-dealkylation sites (tertiary alicyclic amines) is 1. The lowest BCUT2D eigenvalue weighted by molar-refractivity contribution is -0.137. The number of amides is 1. The molecule has 0 radical (unpaired) electrons. The van der Waals surface area contributed by atoms with E-state index in [-0.39, 0.29) is 24.2 Å². The third-order valence-corrected chi connectivity index (χ3v) is 4.53. The van der Waals surface area contributed by atoms with Crippen LogP contribution in [0.5, 0.6) is 5.75 Å². The highest BCUT2D eigenvalue weighted by molar-refractivity contribution is 5.71. The molecule has 0 aromatic heterocycles. The quantitative estimate of drug-likeness (QED) is 0.772. The number of likely N-dealkylation sites (N-methyl/N-ethyl adjacent to an activating group) is 1. The molecule has 0 spiro atoms. The molecule has 2 aliphatic rings. The average Bonchev–Trinajstić information content (AvgIpc) is 2.70. The number of halogens is 3. The lowest BCUT2D eigenvalue weighted by atomic mass is 9.88. The topological polar surface area (TPSA) is 64.0 Å². The van der Waals surface area contributed by atoms with E-state index in [2.05, 4.69) is 0 Å². The summed E-state index contributed by atoms with van der Waals surface area (Å²) in [5.74, 6) is -0.814. The summed E-state index contributed by atoms with van der Waals surface area (Å²) in [6.07, 6.45) is -5.19. The minimum Gasteiger partial charge on any atom is -0.508 e. The summed E-state index contributed by atoms with van der Waals surface area (Å²) in [6.45, 7) is 0.431. The number of piperidine rings is 1. The molecule has 1 aromatic rings. The molecule has 0 bridgehead atoms. The number of fused-ring (bicyclic) bond motifs is 3. The van der Waals surface area contributed by atoms with E-state index >= 15 is 0 Å². The highest BCUT2D eigenvalue weighted by Gasteiger charge is 2.46. The first-order chi connectivity index (χ1) is 10.2. The van der Waals surface area contributed by atoms with Crippen molar-refractivity contribution in [3.8, 4) is 5.75 Å². The number of phenols is 1. The van der Waals surface area contributed by atoms with Gasteiger partial charge in [-0.05, 0) is 24.1 Å². The van der Waals surface area contributed by atoms with Crippen molar-refractivity contribution in [3.05, 3.63) is 23.3 Å². The standard InChI is InChI=1S/C14H15F3N2O3/c1-18-11-2-3-19(13(21)22)6-9(11)8-4-7(20)5-10(12(8)18)14(15,16)17/h4-5,9,11,20H,2-3,6H2,1H3,(H,21,22)/t9-,11-/m0/s1. The number of alkyl halides is 3. The van der Waals surface area contributed by atoms with Crippen molar-refractivity contribution >= 4 is 11.8 Å². The van der Waals surface area contributed by atoms with E-state index in [1.54, 1.807) is 11.9 Å². The first kappa shape index (κ1) is 14.8. The van der Waals surface area contributed by atoms with Gasteiger partial charge in [-0.2, -0.15) is 13.2 Å². The number of aromatic hydroxyl groups is 1. The SMILES string of the molecule is CN1c2c(cc(O)cc2C(F)(F)F)[C@@H]2CN(C(=O)O)CC[C@@H]21. The number of rotatable bonds is 0. The fourth-order valence-electron chi connectivity index (χ4n) is 3.58. The Hall–Kier alpha value is -2.12. The molecule has 8 heteroatoms. The van der Waals surface area contributed by atoms with Crippen LogP contribution in [0.3, 0.4) is 0 Å². The fourth-order valence-corrected chi connectivity index (χ4v) is 3.58. The van der Waals surface area contributed by atoms with Crippen LogP contribution in [-0.4, -0.2) is 47.4 Å². The molecule has 2 heterocycles. The molecule has 1 saturated heterocycles. The minimum atomic E-state index is -4.57. The predicted octanol–water partition coefficient (Wildman–Crippen LogP) is 2.70. The van der Waals surface area contributed by atoms with Crippen LogP contribution in [-0.2, 0) is 6.18 Å². The summed E-state index contributed by atoms with van der Waals surface area (Å²) < 4.78 is 39.7. The van der Waals surface area contributed by atoms with Gasteiger partial charge in [0.15, 0.2) is 0 Å². The first-order valence-corrected chi connectivity index (χ1v) is 6.85. The summed E-state index contributed by atoms with van der Waals surface area (Å²) in [5.41, 5.74) is -0.459. The van der Waals surface area contributed by atoms with Gasteiger partial charge in [0, 0.05) is 32.1 Å². The Morgan fingerprint density at radius 1 is 1.36 bits per heavy atom. The van der Waals surface area contributed by atoms with Gasteiger partial charge in [-0.1, -0.05) is 0 Å². The summed E-state index contributed by atoms with van der Waals surface area (Å²) >= 11 is 0. The summed E-state index contributed by atoms with van der Waals surface area (Å²) in [6, 6.07) is 1.85. The van der Waals surface area contributed by atoms with Gasteiger partial charge in [0.05, 0.1) is 11.3 Å². The molecule has 0 aliphatic carbocycles. The molecule has 120 valence electrons. The molecular weight excluding hydrogens is 301 g/mol. The van der Waals surface area contributed by atoms with Gasteiger partial charge in [0.2, 0.25) is 0 Å². The van der Waals surface area contributed by atoms with Gasteiger partial charge in [-0.25, -0.2) is 4.79 Å². The molecule has 0 unspecified atom stereocenters. The molecule has 1 amide bonds. The molecule has 5 nitrogen and oxygen atoms in total. The Morgan fingerprint density at radius 2 is 2.05 bits per heavy atom. The van der Waals surface area contributed by atoms with Crippen LogP contribution in [0.4, 0.5) is 23.7 Å². The maximum absolute atomic E-state index is 13.2. The maximum Gasteiger partial charge on any atom is 0.418 e. The first-order valence-electron chi connectivity index (χ1n) is 6.85.